The van der Waals surface area contributed by atoms with Crippen molar-refractivity contribution in [3.8, 4) is 11.4 Å². The third-order valence-corrected chi connectivity index (χ3v) is 2.99. The van der Waals surface area contributed by atoms with Gasteiger partial charge in [-0.3, -0.25) is 0 Å². The van der Waals surface area contributed by atoms with Gasteiger partial charge in [-0.15, -0.1) is 15.0 Å². The first-order chi connectivity index (χ1) is 9.17. The molecule has 0 unspecified atom stereocenters. The van der Waals surface area contributed by atoms with Crippen LogP contribution in [-0.2, 0) is 0 Å². The molecule has 0 bridgehead atoms. The Balaban J connectivity index is 2.20. The largest absolute Gasteiger partial charge is 0.506 e. The van der Waals surface area contributed by atoms with E-state index in [9.17, 15) is 5.11 Å². The van der Waals surface area contributed by atoms with Crippen molar-refractivity contribution in [1.29, 1.82) is 0 Å². The van der Waals surface area contributed by atoms with Gasteiger partial charge in [0.15, 0.2) is 0 Å². The van der Waals surface area contributed by atoms with Crippen LogP contribution in [0.2, 0.25) is 0 Å². The molecule has 0 atom stereocenters. The lowest BCUT2D eigenvalue weighted by molar-refractivity contribution is 0.467. The Kier molecular flexibility index (Phi) is 2.56. The minimum Gasteiger partial charge on any atom is -0.506 e. The highest BCUT2D eigenvalue weighted by molar-refractivity contribution is 5.77. The van der Waals surface area contributed by atoms with E-state index < -0.39 is 0 Å². The van der Waals surface area contributed by atoms with Gasteiger partial charge in [-0.1, -0.05) is 24.8 Å². The zero-order chi connectivity index (χ0) is 13.4. The number of aryl methyl sites for hydroxylation is 1. The predicted octanol–water partition coefficient (Wildman–Crippen LogP) is 3.08. The lowest BCUT2D eigenvalue weighted by Gasteiger charge is -2.03. The Bertz CT molecular complexity index is 774. The Morgan fingerprint density at radius 2 is 1.89 bits per heavy atom. The van der Waals surface area contributed by atoms with Crippen molar-refractivity contribution in [1.82, 2.24) is 15.0 Å². The summed E-state index contributed by atoms with van der Waals surface area (Å²) in [6.07, 6.45) is 1.77. The summed E-state index contributed by atoms with van der Waals surface area (Å²) in [5, 5.41) is 18.7. The minimum absolute atomic E-state index is 0.162. The predicted molar refractivity (Wildman–Crippen MR) is 75.4 cm³/mol. The number of nitrogens with zero attached hydrogens (tertiary/aromatic N) is 3. The molecule has 3 rings (SSSR count). The van der Waals surface area contributed by atoms with E-state index in [1.54, 1.807) is 12.1 Å². The summed E-state index contributed by atoms with van der Waals surface area (Å²) in [5.41, 5.74) is 4.18. The molecule has 0 amide bonds. The molecule has 2 aromatic carbocycles. The number of benzene rings is 2. The van der Waals surface area contributed by atoms with E-state index in [1.807, 2.05) is 37.3 Å². The molecule has 0 fully saturated rings. The second-order valence-corrected chi connectivity index (χ2v) is 4.43. The molecule has 1 heterocycles. The van der Waals surface area contributed by atoms with Gasteiger partial charge >= 0.3 is 0 Å². The molecule has 0 spiro atoms. The maximum absolute atomic E-state index is 9.90. The third-order valence-electron chi connectivity index (χ3n) is 2.99. The summed E-state index contributed by atoms with van der Waals surface area (Å²) in [5.74, 6) is 0.162. The van der Waals surface area contributed by atoms with Gasteiger partial charge in [0.1, 0.15) is 22.5 Å². The van der Waals surface area contributed by atoms with Crippen LogP contribution in [0.4, 0.5) is 0 Å². The van der Waals surface area contributed by atoms with Gasteiger partial charge in [0.25, 0.3) is 0 Å². The van der Waals surface area contributed by atoms with E-state index >= 15 is 0 Å². The van der Waals surface area contributed by atoms with Crippen LogP contribution in [0.25, 0.3) is 22.8 Å². The normalized spacial score (nSPS) is 10.8. The van der Waals surface area contributed by atoms with Gasteiger partial charge in [-0.2, -0.15) is 0 Å². The average molecular weight is 251 g/mol. The third kappa shape index (κ3) is 1.97. The SMILES string of the molecule is C=Cc1ccc2nn(-c3cc(C)ccc3O)nc2c1. The molecule has 0 aliphatic rings. The zero-order valence-electron chi connectivity index (χ0n) is 10.5. The molecule has 4 nitrogen and oxygen atoms in total. The molecule has 0 aliphatic carbocycles. The number of fused-ring (bicyclic) bond motifs is 1. The number of hydrogen-bond acceptors (Lipinski definition) is 3. The lowest BCUT2D eigenvalue weighted by Crippen LogP contribution is -1.99. The average Bonchev–Trinajstić information content (AvgIpc) is 2.83. The lowest BCUT2D eigenvalue weighted by atomic mass is 10.2. The second kappa shape index (κ2) is 4.24. The number of phenols is 1. The second-order valence-electron chi connectivity index (χ2n) is 4.43. The summed E-state index contributed by atoms with van der Waals surface area (Å²) in [6, 6.07) is 11.1. The van der Waals surface area contributed by atoms with E-state index in [-0.39, 0.29) is 5.75 Å². The van der Waals surface area contributed by atoms with Crippen LogP contribution < -0.4 is 0 Å². The molecule has 0 saturated carbocycles. The maximum Gasteiger partial charge on any atom is 0.143 e. The van der Waals surface area contributed by atoms with Crippen molar-refractivity contribution >= 4 is 17.1 Å². The van der Waals surface area contributed by atoms with Gasteiger partial charge in [-0.05, 0) is 42.3 Å². The first-order valence-corrected chi connectivity index (χ1v) is 5.97. The Morgan fingerprint density at radius 1 is 1.11 bits per heavy atom. The molecule has 1 N–H and O–H groups in total. The highest BCUT2D eigenvalue weighted by Gasteiger charge is 2.09. The molecule has 94 valence electrons. The number of rotatable bonds is 2. The first-order valence-electron chi connectivity index (χ1n) is 5.97. The fraction of sp³-hybridized carbons (Fsp3) is 0.0667. The van der Waals surface area contributed by atoms with E-state index in [4.69, 9.17) is 0 Å². The Hall–Kier alpha value is -2.62. The van der Waals surface area contributed by atoms with Crippen LogP contribution in [0.5, 0.6) is 5.75 Å². The van der Waals surface area contributed by atoms with Crippen molar-refractivity contribution in [3.05, 3.63) is 54.1 Å². The molecule has 0 saturated heterocycles. The number of hydrogen-bond donors (Lipinski definition) is 1. The summed E-state index contributed by atoms with van der Waals surface area (Å²) in [4.78, 5) is 1.46. The molecule has 1 aromatic heterocycles. The molecule has 3 aromatic rings. The standard InChI is InChI=1S/C15H13N3O/c1-3-11-5-6-12-13(9-11)17-18(16-12)14-8-10(2)4-7-15(14)19/h3-9,19H,1H2,2H3. The van der Waals surface area contributed by atoms with Crippen LogP contribution in [0, 0.1) is 6.92 Å². The summed E-state index contributed by atoms with van der Waals surface area (Å²) in [6.45, 7) is 5.69. The van der Waals surface area contributed by atoms with Gasteiger partial charge in [-0.25, -0.2) is 0 Å². The fourth-order valence-electron chi connectivity index (χ4n) is 1.96. The van der Waals surface area contributed by atoms with Crippen LogP contribution >= 0.6 is 0 Å². The van der Waals surface area contributed by atoms with Gasteiger partial charge < -0.3 is 5.11 Å². The van der Waals surface area contributed by atoms with Gasteiger partial charge in [0.2, 0.25) is 0 Å². The Morgan fingerprint density at radius 3 is 2.68 bits per heavy atom. The quantitative estimate of drug-likeness (QED) is 0.761. The highest BCUT2D eigenvalue weighted by atomic mass is 16.3. The topological polar surface area (TPSA) is 50.9 Å². The van der Waals surface area contributed by atoms with Gasteiger partial charge in [0.05, 0.1) is 0 Å². The van der Waals surface area contributed by atoms with Crippen molar-refractivity contribution in [2.24, 2.45) is 0 Å². The van der Waals surface area contributed by atoms with Crippen molar-refractivity contribution in [3.63, 3.8) is 0 Å². The smallest absolute Gasteiger partial charge is 0.143 e. The summed E-state index contributed by atoms with van der Waals surface area (Å²) >= 11 is 0. The van der Waals surface area contributed by atoms with Crippen molar-refractivity contribution in [2.75, 3.05) is 0 Å². The Labute approximate surface area is 110 Å². The molecule has 19 heavy (non-hydrogen) atoms. The van der Waals surface area contributed by atoms with Gasteiger partial charge in [0, 0.05) is 0 Å². The minimum atomic E-state index is 0.162. The molecule has 0 radical (unpaired) electrons. The van der Waals surface area contributed by atoms with Crippen LogP contribution in [0.1, 0.15) is 11.1 Å². The summed E-state index contributed by atoms with van der Waals surface area (Å²) in [7, 11) is 0. The zero-order valence-corrected chi connectivity index (χ0v) is 10.5. The van der Waals surface area contributed by atoms with E-state index in [1.165, 1.54) is 4.80 Å². The van der Waals surface area contributed by atoms with E-state index in [2.05, 4.69) is 16.8 Å². The van der Waals surface area contributed by atoms with E-state index in [0.717, 1.165) is 22.2 Å². The number of aromatic nitrogens is 3. The maximum atomic E-state index is 9.90. The van der Waals surface area contributed by atoms with Crippen LogP contribution in [0.3, 0.4) is 0 Å². The molecular formula is C15H13N3O. The van der Waals surface area contributed by atoms with Crippen LogP contribution in [0.15, 0.2) is 43.0 Å². The molecular weight excluding hydrogens is 238 g/mol. The number of phenolic OH excluding ortho intramolecular Hbond substituents is 1. The highest BCUT2D eigenvalue weighted by Crippen LogP contribution is 2.23. The van der Waals surface area contributed by atoms with Crippen molar-refractivity contribution < 1.29 is 5.11 Å². The molecule has 0 aliphatic heterocycles. The van der Waals surface area contributed by atoms with Crippen molar-refractivity contribution in [2.45, 2.75) is 6.92 Å². The fourth-order valence-corrected chi connectivity index (χ4v) is 1.96. The van der Waals surface area contributed by atoms with E-state index in [0.29, 0.717) is 5.69 Å². The first kappa shape index (κ1) is 11.5. The van der Waals surface area contributed by atoms with Crippen LogP contribution in [-0.4, -0.2) is 20.1 Å². The summed E-state index contributed by atoms with van der Waals surface area (Å²) < 4.78 is 0. The monoisotopic (exact) mass is 251 g/mol. The number of aromatic hydroxyl groups is 1. The molecule has 4 heteroatoms.